The summed E-state index contributed by atoms with van der Waals surface area (Å²) in [7, 11) is 1.35. The maximum absolute atomic E-state index is 14.3. The maximum Gasteiger partial charge on any atom is 0.263 e. The Morgan fingerprint density at radius 3 is 2.51 bits per heavy atom. The first-order chi connectivity index (χ1) is 17.7. The standard InChI is InChI=1S/C22H23F5N6O4/c1-36-20-14(6-10-7-33(31-28-10)22(4-5-22)21(26)27)37-15(9-34)19(35)18(20)32-8-13(29-30-32)11-2-3-12(23)17(25)16(11)24/h2-3,7-8,14-15,18-21,34-35H,4-6,9H2,1H3/t14-,15-,18+,19+,20+/m1/s1. The number of hydrogen-bond acceptors (Lipinski definition) is 8. The van der Waals surface area contributed by atoms with Crippen LogP contribution in [0.2, 0.25) is 0 Å². The topological polar surface area (TPSA) is 120 Å². The predicted molar refractivity (Wildman–Crippen MR) is 114 cm³/mol. The first-order valence-corrected chi connectivity index (χ1v) is 11.4. The summed E-state index contributed by atoms with van der Waals surface area (Å²) in [5.74, 6) is -4.48. The fourth-order valence-electron chi connectivity index (χ4n) is 4.69. The number of benzene rings is 1. The first-order valence-electron chi connectivity index (χ1n) is 11.4. The molecule has 2 aliphatic rings. The summed E-state index contributed by atoms with van der Waals surface area (Å²) in [6.45, 7) is -0.578. The van der Waals surface area contributed by atoms with E-state index >= 15 is 0 Å². The van der Waals surface area contributed by atoms with Gasteiger partial charge >= 0.3 is 0 Å². The Kier molecular flexibility index (Phi) is 6.72. The van der Waals surface area contributed by atoms with Crippen molar-refractivity contribution >= 4 is 0 Å². The molecule has 0 bridgehead atoms. The summed E-state index contributed by atoms with van der Waals surface area (Å²) in [5.41, 5.74) is -1.51. The Labute approximate surface area is 206 Å². The number of alkyl halides is 2. The van der Waals surface area contributed by atoms with Gasteiger partial charge in [0, 0.05) is 25.3 Å². The van der Waals surface area contributed by atoms with Crippen LogP contribution < -0.4 is 0 Å². The molecule has 1 saturated heterocycles. The Morgan fingerprint density at radius 2 is 1.86 bits per heavy atom. The largest absolute Gasteiger partial charge is 0.394 e. The molecule has 1 aliphatic carbocycles. The van der Waals surface area contributed by atoms with Crippen molar-refractivity contribution in [2.75, 3.05) is 13.7 Å². The minimum absolute atomic E-state index is 0.0386. The fourth-order valence-corrected chi connectivity index (χ4v) is 4.69. The lowest BCUT2D eigenvalue weighted by molar-refractivity contribution is -0.212. The molecule has 10 nitrogen and oxygen atoms in total. The zero-order chi connectivity index (χ0) is 26.5. The van der Waals surface area contributed by atoms with E-state index in [0.29, 0.717) is 5.69 Å². The molecule has 2 aromatic heterocycles. The molecule has 1 aliphatic heterocycles. The summed E-state index contributed by atoms with van der Waals surface area (Å²) in [6.07, 6.45) is -3.59. The third-order valence-electron chi connectivity index (χ3n) is 6.94. The van der Waals surface area contributed by atoms with Gasteiger partial charge < -0.3 is 19.7 Å². The van der Waals surface area contributed by atoms with Crippen molar-refractivity contribution in [3.8, 4) is 11.3 Å². The zero-order valence-corrected chi connectivity index (χ0v) is 19.4. The number of nitrogens with zero attached hydrogens (tertiary/aromatic N) is 6. The average molecular weight is 530 g/mol. The normalized spacial score (nSPS) is 27.1. The van der Waals surface area contributed by atoms with Crippen molar-refractivity contribution in [2.24, 2.45) is 0 Å². The van der Waals surface area contributed by atoms with Gasteiger partial charge in [0.25, 0.3) is 6.43 Å². The number of aliphatic hydroxyl groups is 2. The van der Waals surface area contributed by atoms with E-state index < -0.39 is 66.5 Å². The molecule has 3 heterocycles. The van der Waals surface area contributed by atoms with Gasteiger partial charge in [0.2, 0.25) is 0 Å². The lowest BCUT2D eigenvalue weighted by atomic mass is 9.90. The van der Waals surface area contributed by atoms with Crippen molar-refractivity contribution in [3.63, 3.8) is 0 Å². The van der Waals surface area contributed by atoms with Crippen molar-refractivity contribution in [3.05, 3.63) is 47.7 Å². The van der Waals surface area contributed by atoms with Gasteiger partial charge in [-0.25, -0.2) is 31.3 Å². The Bertz CT molecular complexity index is 1270. The SMILES string of the molecule is CO[C@@H]1[C@@H](n2cc(-c3ccc(F)c(F)c3F)nn2)[C@@H](O)[C@@H](CO)O[C@@H]1Cc1cn(C2(C(F)F)CC2)nn1. The number of rotatable bonds is 8. The van der Waals surface area contributed by atoms with Crippen LogP contribution in [-0.2, 0) is 21.4 Å². The number of aromatic nitrogens is 6. The molecule has 5 atom stereocenters. The highest BCUT2D eigenvalue weighted by molar-refractivity contribution is 5.58. The second-order valence-electron chi connectivity index (χ2n) is 9.15. The lowest BCUT2D eigenvalue weighted by Gasteiger charge is -2.43. The first kappa shape index (κ1) is 25.6. The van der Waals surface area contributed by atoms with Gasteiger partial charge in [-0.2, -0.15) is 0 Å². The van der Waals surface area contributed by atoms with Crippen LogP contribution in [0.1, 0.15) is 24.6 Å². The molecule has 0 spiro atoms. The molecule has 1 saturated carbocycles. The number of aliphatic hydroxyl groups excluding tert-OH is 2. The zero-order valence-electron chi connectivity index (χ0n) is 19.4. The highest BCUT2D eigenvalue weighted by Gasteiger charge is 2.54. The fraction of sp³-hybridized carbons (Fsp3) is 0.545. The van der Waals surface area contributed by atoms with Crippen LogP contribution in [-0.4, -0.2) is 84.8 Å². The summed E-state index contributed by atoms with van der Waals surface area (Å²) in [4.78, 5) is 0. The Morgan fingerprint density at radius 1 is 1.11 bits per heavy atom. The van der Waals surface area contributed by atoms with Gasteiger partial charge in [0.15, 0.2) is 17.5 Å². The molecule has 15 heteroatoms. The van der Waals surface area contributed by atoms with Crippen molar-refractivity contribution in [2.45, 2.75) is 61.7 Å². The monoisotopic (exact) mass is 530 g/mol. The van der Waals surface area contributed by atoms with Crippen LogP contribution in [0, 0.1) is 17.5 Å². The third kappa shape index (κ3) is 4.39. The van der Waals surface area contributed by atoms with E-state index in [2.05, 4.69) is 20.6 Å². The van der Waals surface area contributed by atoms with E-state index in [9.17, 15) is 32.2 Å². The molecule has 2 N–H and O–H groups in total. The van der Waals surface area contributed by atoms with Gasteiger partial charge in [0.1, 0.15) is 35.6 Å². The summed E-state index contributed by atoms with van der Waals surface area (Å²) < 4.78 is 82.0. The lowest BCUT2D eigenvalue weighted by Crippen LogP contribution is -2.57. The number of ether oxygens (including phenoxy) is 2. The highest BCUT2D eigenvalue weighted by Crippen LogP contribution is 2.48. The molecule has 0 amide bonds. The summed E-state index contributed by atoms with van der Waals surface area (Å²) in [6, 6.07) is 0.741. The number of halogens is 5. The summed E-state index contributed by atoms with van der Waals surface area (Å²) >= 11 is 0. The number of hydrogen-bond donors (Lipinski definition) is 2. The van der Waals surface area contributed by atoms with Crippen LogP contribution in [0.15, 0.2) is 24.5 Å². The Balaban J connectivity index is 1.43. The Hall–Kier alpha value is -3.01. The molecule has 3 aromatic rings. The minimum atomic E-state index is -2.60. The van der Waals surface area contributed by atoms with Crippen molar-refractivity contribution in [1.82, 2.24) is 30.0 Å². The van der Waals surface area contributed by atoms with Crippen LogP contribution >= 0.6 is 0 Å². The van der Waals surface area contributed by atoms with Gasteiger partial charge in [0.05, 0.1) is 24.6 Å². The molecule has 1 aromatic carbocycles. The average Bonchev–Trinajstić information content (AvgIpc) is 3.33. The molecule has 0 unspecified atom stereocenters. The third-order valence-corrected chi connectivity index (χ3v) is 6.94. The molecule has 5 rings (SSSR count). The molecule has 37 heavy (non-hydrogen) atoms. The molecular formula is C22H23F5N6O4. The predicted octanol–water partition coefficient (Wildman–Crippen LogP) is 1.63. The van der Waals surface area contributed by atoms with Crippen LogP contribution in [0.5, 0.6) is 0 Å². The summed E-state index contributed by atoms with van der Waals surface area (Å²) in [5, 5.41) is 36.3. The smallest absolute Gasteiger partial charge is 0.263 e. The van der Waals surface area contributed by atoms with Crippen LogP contribution in [0.25, 0.3) is 11.3 Å². The van der Waals surface area contributed by atoms with Crippen molar-refractivity contribution < 1.29 is 41.6 Å². The molecule has 2 fully saturated rings. The second-order valence-corrected chi connectivity index (χ2v) is 9.15. The van der Waals surface area contributed by atoms with E-state index in [4.69, 9.17) is 9.47 Å². The van der Waals surface area contributed by atoms with E-state index in [1.54, 1.807) is 0 Å². The van der Waals surface area contributed by atoms with Crippen LogP contribution in [0.3, 0.4) is 0 Å². The van der Waals surface area contributed by atoms with Crippen LogP contribution in [0.4, 0.5) is 22.0 Å². The van der Waals surface area contributed by atoms with Gasteiger partial charge in [-0.1, -0.05) is 10.4 Å². The van der Waals surface area contributed by atoms with E-state index in [1.165, 1.54) is 24.2 Å². The molecule has 0 radical (unpaired) electrons. The minimum Gasteiger partial charge on any atom is -0.394 e. The maximum atomic E-state index is 14.3. The van der Waals surface area contributed by atoms with E-state index in [0.717, 1.165) is 16.8 Å². The molecular weight excluding hydrogens is 507 g/mol. The number of methoxy groups -OCH3 is 1. The highest BCUT2D eigenvalue weighted by atomic mass is 19.3. The van der Waals surface area contributed by atoms with Gasteiger partial charge in [-0.3, -0.25) is 0 Å². The van der Waals surface area contributed by atoms with E-state index in [1.807, 2.05) is 0 Å². The van der Waals surface area contributed by atoms with E-state index in [-0.39, 0.29) is 30.5 Å². The second kappa shape index (κ2) is 9.70. The van der Waals surface area contributed by atoms with Gasteiger partial charge in [-0.15, -0.1) is 10.2 Å². The molecule has 200 valence electrons. The van der Waals surface area contributed by atoms with Crippen molar-refractivity contribution in [1.29, 1.82) is 0 Å². The quantitative estimate of drug-likeness (QED) is 0.333. The van der Waals surface area contributed by atoms with Gasteiger partial charge in [-0.05, 0) is 25.0 Å².